The van der Waals surface area contributed by atoms with Crippen molar-refractivity contribution in [1.29, 1.82) is 0 Å². The van der Waals surface area contributed by atoms with Crippen molar-refractivity contribution in [3.05, 3.63) is 71.3 Å². The largest absolute Gasteiger partial charge is 0.339 e. The molecule has 0 bridgehead atoms. The average molecular weight is 490 g/mol. The van der Waals surface area contributed by atoms with Crippen LogP contribution < -0.4 is 5.32 Å². The van der Waals surface area contributed by atoms with E-state index < -0.39 is 27.0 Å². The van der Waals surface area contributed by atoms with Gasteiger partial charge in [-0.2, -0.15) is 13.9 Å². The highest BCUT2D eigenvalue weighted by molar-refractivity contribution is 14.1. The summed E-state index contributed by atoms with van der Waals surface area (Å²) in [7, 11) is 0. The second-order valence-corrected chi connectivity index (χ2v) is 6.91. The van der Waals surface area contributed by atoms with Crippen LogP contribution in [0.2, 0.25) is 0 Å². The Kier molecular flexibility index (Phi) is 5.18. The second kappa shape index (κ2) is 7.25. The first kappa shape index (κ1) is 19.3. The number of hydrogen-bond donors (Lipinski definition) is 1. The number of rotatable bonds is 4. The van der Waals surface area contributed by atoms with Crippen LogP contribution in [0.3, 0.4) is 0 Å². The van der Waals surface area contributed by atoms with Crippen molar-refractivity contribution in [2.75, 3.05) is 5.32 Å². The molecule has 0 aliphatic heterocycles. The zero-order valence-electron chi connectivity index (χ0n) is 13.7. The molecule has 0 saturated heterocycles. The van der Waals surface area contributed by atoms with E-state index in [0.29, 0.717) is 11.4 Å². The highest BCUT2D eigenvalue weighted by atomic mass is 127. The molecule has 0 unspecified atom stereocenters. The summed E-state index contributed by atoms with van der Waals surface area (Å²) in [5.74, 6) is -3.13. The lowest BCUT2D eigenvalue weighted by atomic mass is 10.2. The number of alkyl halides is 3. The van der Waals surface area contributed by atoms with Gasteiger partial charge in [0.15, 0.2) is 11.6 Å². The molecule has 1 amide bonds. The summed E-state index contributed by atoms with van der Waals surface area (Å²) >= 11 is 0.999. The number of aromatic nitrogens is 3. The minimum Gasteiger partial charge on any atom is -0.322 e. The average Bonchev–Trinajstić information content (AvgIpc) is 2.97. The van der Waals surface area contributed by atoms with Gasteiger partial charge in [-0.05, 0) is 37.3 Å². The highest BCUT2D eigenvalue weighted by Crippen LogP contribution is 2.34. The van der Waals surface area contributed by atoms with Gasteiger partial charge in [-0.15, -0.1) is 0 Å². The number of nitrogens with one attached hydrogen (secondary N) is 1. The quantitative estimate of drug-likeness (QED) is 0.331. The molecule has 0 aliphatic carbocycles. The second-order valence-electron chi connectivity index (χ2n) is 5.56. The summed E-state index contributed by atoms with van der Waals surface area (Å²) < 4.78 is 52.2. The van der Waals surface area contributed by atoms with Gasteiger partial charge in [0.05, 0.1) is 18.1 Å². The summed E-state index contributed by atoms with van der Waals surface area (Å²) in [5.41, 5.74) is 0.133. The molecule has 0 aliphatic rings. The third-order valence-electron chi connectivity index (χ3n) is 3.63. The number of carbonyl (C=O) groups is 1. The first-order valence-corrected chi connectivity index (χ1v) is 8.59. The number of anilines is 1. The maximum atomic E-state index is 13.6. The number of nitrogens with zero attached hydrogens (tertiary/aromatic N) is 3. The molecule has 0 fully saturated rings. The van der Waals surface area contributed by atoms with Crippen molar-refractivity contribution in [1.82, 2.24) is 14.8 Å². The molecule has 1 aromatic carbocycles. The lowest BCUT2D eigenvalue weighted by molar-refractivity contribution is 0.101. The van der Waals surface area contributed by atoms with Crippen LogP contribution in [0.25, 0.3) is 5.69 Å². The van der Waals surface area contributed by atoms with Gasteiger partial charge < -0.3 is 5.32 Å². The van der Waals surface area contributed by atoms with Crippen molar-refractivity contribution in [3.63, 3.8) is 0 Å². The maximum Gasteiger partial charge on any atom is 0.339 e. The Morgan fingerprint density at radius 2 is 1.74 bits per heavy atom. The Balaban J connectivity index is 1.82. The summed E-state index contributed by atoms with van der Waals surface area (Å²) in [6.45, 7) is 1.63. The molecular formula is C17H11F4IN4O. The van der Waals surface area contributed by atoms with E-state index in [-0.39, 0.29) is 11.4 Å². The molecule has 5 nitrogen and oxygen atoms in total. The minimum absolute atomic E-state index is 0.267. The number of aryl methyl sites for hydroxylation is 1. The van der Waals surface area contributed by atoms with Gasteiger partial charge in [0, 0.05) is 34.0 Å². The Hall–Kier alpha value is -2.50. The van der Waals surface area contributed by atoms with E-state index in [1.165, 1.54) is 35.0 Å². The Labute approximate surface area is 164 Å². The number of amides is 1. The molecular weight excluding hydrogens is 479 g/mol. The van der Waals surface area contributed by atoms with E-state index in [9.17, 15) is 22.4 Å². The number of hydrogen-bond acceptors (Lipinski definition) is 3. The smallest absolute Gasteiger partial charge is 0.322 e. The maximum absolute atomic E-state index is 13.6. The summed E-state index contributed by atoms with van der Waals surface area (Å²) in [6.07, 6.45) is 1.48. The van der Waals surface area contributed by atoms with Crippen LogP contribution in [0, 0.1) is 18.6 Å². The molecule has 3 aromatic rings. The number of halogens is 5. The Bertz CT molecular complexity index is 979. The molecule has 0 atom stereocenters. The van der Waals surface area contributed by atoms with Crippen LogP contribution >= 0.6 is 22.6 Å². The number of pyridine rings is 1. The van der Waals surface area contributed by atoms with E-state index in [1.807, 2.05) is 0 Å². The lowest BCUT2D eigenvalue weighted by Crippen LogP contribution is -2.16. The van der Waals surface area contributed by atoms with Crippen LogP contribution in [0.15, 0.2) is 42.7 Å². The molecule has 140 valence electrons. The molecule has 27 heavy (non-hydrogen) atoms. The van der Waals surface area contributed by atoms with Gasteiger partial charge in [-0.25, -0.2) is 13.5 Å². The van der Waals surface area contributed by atoms with Crippen LogP contribution in [-0.4, -0.2) is 20.7 Å². The number of carbonyl (C=O) groups excluding carboxylic acids is 1. The zero-order valence-corrected chi connectivity index (χ0v) is 15.8. The van der Waals surface area contributed by atoms with Crippen LogP contribution in [0.4, 0.5) is 23.2 Å². The fourth-order valence-electron chi connectivity index (χ4n) is 2.38. The summed E-state index contributed by atoms with van der Waals surface area (Å²) in [6, 6.07) is 7.27. The topological polar surface area (TPSA) is 59.8 Å². The first-order valence-electron chi connectivity index (χ1n) is 7.51. The van der Waals surface area contributed by atoms with Gasteiger partial charge >= 0.3 is 3.93 Å². The minimum atomic E-state index is -3.10. The van der Waals surface area contributed by atoms with Crippen LogP contribution in [-0.2, 0) is 3.93 Å². The van der Waals surface area contributed by atoms with E-state index in [1.54, 1.807) is 6.92 Å². The molecule has 0 radical (unpaired) electrons. The third-order valence-corrected chi connectivity index (χ3v) is 4.18. The van der Waals surface area contributed by atoms with Gasteiger partial charge in [0.25, 0.3) is 5.91 Å². The van der Waals surface area contributed by atoms with Crippen molar-refractivity contribution in [2.24, 2.45) is 0 Å². The molecule has 0 spiro atoms. The first-order chi connectivity index (χ1) is 12.7. The standard InChI is InChI=1S/C17H11F4IN4O/c1-9-6-14(17(20,21)22)25-26(9)11-4-2-10(3-5-11)24-16(27)15-12(18)7-23-8-13(15)19/h2-8H,1H3,(H,24,27). The monoisotopic (exact) mass is 490 g/mol. The summed E-state index contributed by atoms with van der Waals surface area (Å²) in [5, 5.41) is 6.24. The van der Waals surface area contributed by atoms with E-state index in [0.717, 1.165) is 35.0 Å². The van der Waals surface area contributed by atoms with Gasteiger partial charge in [0.1, 0.15) is 11.3 Å². The summed E-state index contributed by atoms with van der Waals surface area (Å²) in [4.78, 5) is 15.4. The molecule has 1 N–H and O–H groups in total. The van der Waals surface area contributed by atoms with Crippen LogP contribution in [0.5, 0.6) is 0 Å². The van der Waals surface area contributed by atoms with Crippen molar-refractivity contribution >= 4 is 34.2 Å². The molecule has 3 rings (SSSR count). The molecule has 2 heterocycles. The Morgan fingerprint density at radius 3 is 2.26 bits per heavy atom. The fourth-order valence-corrected chi connectivity index (χ4v) is 2.65. The SMILES string of the molecule is Cc1cc(C(F)(F)I)nn1-c1ccc(NC(=O)c2c(F)cncc2F)cc1. The van der Waals surface area contributed by atoms with Crippen molar-refractivity contribution in [3.8, 4) is 5.69 Å². The van der Waals surface area contributed by atoms with Crippen molar-refractivity contribution < 1.29 is 22.4 Å². The van der Waals surface area contributed by atoms with E-state index >= 15 is 0 Å². The molecule has 10 heteroatoms. The van der Waals surface area contributed by atoms with Gasteiger partial charge in [0.2, 0.25) is 0 Å². The van der Waals surface area contributed by atoms with Crippen molar-refractivity contribution in [2.45, 2.75) is 10.9 Å². The third kappa shape index (κ3) is 4.10. The fraction of sp³-hybridized carbons (Fsp3) is 0.118. The van der Waals surface area contributed by atoms with Crippen LogP contribution in [0.1, 0.15) is 21.7 Å². The van der Waals surface area contributed by atoms with Gasteiger partial charge in [-0.3, -0.25) is 9.78 Å². The van der Waals surface area contributed by atoms with E-state index in [4.69, 9.17) is 0 Å². The predicted molar refractivity (Wildman–Crippen MR) is 98.3 cm³/mol. The number of benzene rings is 1. The predicted octanol–water partition coefficient (Wildman–Crippen LogP) is 4.59. The Morgan fingerprint density at radius 1 is 1.15 bits per heavy atom. The highest BCUT2D eigenvalue weighted by Gasteiger charge is 2.31. The normalized spacial score (nSPS) is 11.5. The van der Waals surface area contributed by atoms with Gasteiger partial charge in [-0.1, -0.05) is 0 Å². The van der Waals surface area contributed by atoms with E-state index in [2.05, 4.69) is 15.4 Å². The lowest BCUT2D eigenvalue weighted by Gasteiger charge is -2.09. The molecule has 2 aromatic heterocycles. The zero-order chi connectivity index (χ0) is 19.8. The molecule has 0 saturated carbocycles.